The van der Waals surface area contributed by atoms with Gasteiger partial charge in [0.1, 0.15) is 11.2 Å². The van der Waals surface area contributed by atoms with Gasteiger partial charge in [-0.3, -0.25) is 0 Å². The average molecular weight is 702 g/mol. The summed E-state index contributed by atoms with van der Waals surface area (Å²) in [6, 6.07) is 65.9. The Morgan fingerprint density at radius 2 is 0.855 bits per heavy atom. The Morgan fingerprint density at radius 1 is 0.273 bits per heavy atom. The van der Waals surface area contributed by atoms with Crippen molar-refractivity contribution in [1.82, 2.24) is 15.0 Å². The topological polar surface area (TPSA) is 51.8 Å². The number of rotatable bonds is 5. The van der Waals surface area contributed by atoms with Crippen LogP contribution >= 0.6 is 0 Å². The minimum absolute atomic E-state index is 0.619. The van der Waals surface area contributed by atoms with Crippen LogP contribution in [0.2, 0.25) is 0 Å². The number of furan rings is 1. The normalized spacial score (nSPS) is 11.6. The van der Waals surface area contributed by atoms with Crippen molar-refractivity contribution < 1.29 is 4.42 Å². The molecule has 0 amide bonds. The maximum atomic E-state index is 6.20. The molecule has 0 saturated heterocycles. The molecule has 2 heterocycles. The summed E-state index contributed by atoms with van der Waals surface area (Å²) in [5.41, 5.74) is 9.22. The highest BCUT2D eigenvalue weighted by molar-refractivity contribution is 6.10. The van der Waals surface area contributed by atoms with Gasteiger partial charge in [0.15, 0.2) is 17.5 Å². The molecule has 0 spiro atoms. The fourth-order valence-corrected chi connectivity index (χ4v) is 7.92. The second-order valence-electron chi connectivity index (χ2n) is 14.0. The van der Waals surface area contributed by atoms with Crippen LogP contribution in [0.15, 0.2) is 192 Å². The van der Waals surface area contributed by atoms with Crippen molar-refractivity contribution in [1.29, 1.82) is 0 Å². The van der Waals surface area contributed by atoms with E-state index in [-0.39, 0.29) is 0 Å². The lowest BCUT2D eigenvalue weighted by atomic mass is 9.95. The van der Waals surface area contributed by atoms with Gasteiger partial charge in [-0.2, -0.15) is 0 Å². The van der Waals surface area contributed by atoms with Crippen molar-refractivity contribution in [3.05, 3.63) is 188 Å². The maximum absolute atomic E-state index is 6.20. The fraction of sp³-hybridized carbons (Fsp3) is 0. The first-order chi connectivity index (χ1) is 27.2. The van der Waals surface area contributed by atoms with Gasteiger partial charge < -0.3 is 4.42 Å². The van der Waals surface area contributed by atoms with Gasteiger partial charge in [0.2, 0.25) is 0 Å². The van der Waals surface area contributed by atoms with Crippen LogP contribution in [0.3, 0.4) is 0 Å². The van der Waals surface area contributed by atoms with Crippen LogP contribution in [0.25, 0.3) is 111 Å². The molecule has 9 aromatic carbocycles. The molecule has 4 heteroatoms. The van der Waals surface area contributed by atoms with E-state index in [1.807, 2.05) is 12.1 Å². The molecule has 11 aromatic rings. The molecule has 11 rings (SSSR count). The number of fused-ring (bicyclic) bond motifs is 6. The lowest BCUT2D eigenvalue weighted by Gasteiger charge is -2.13. The lowest BCUT2D eigenvalue weighted by molar-refractivity contribution is 0.669. The fourth-order valence-electron chi connectivity index (χ4n) is 7.92. The highest BCUT2D eigenvalue weighted by atomic mass is 16.3. The number of hydrogen-bond donors (Lipinski definition) is 0. The van der Waals surface area contributed by atoms with E-state index in [2.05, 4.69) is 176 Å². The van der Waals surface area contributed by atoms with E-state index in [0.717, 1.165) is 65.7 Å². The monoisotopic (exact) mass is 701 g/mol. The van der Waals surface area contributed by atoms with Gasteiger partial charge in [-0.05, 0) is 84.9 Å². The predicted octanol–water partition coefficient (Wildman–Crippen LogP) is 13.6. The van der Waals surface area contributed by atoms with E-state index in [1.54, 1.807) is 0 Å². The molecule has 0 radical (unpaired) electrons. The van der Waals surface area contributed by atoms with Crippen LogP contribution in [-0.2, 0) is 0 Å². The smallest absolute Gasteiger partial charge is 0.164 e. The molecule has 4 nitrogen and oxygen atoms in total. The molecular formula is C51H31N3O. The Bertz CT molecular complexity index is 3260. The summed E-state index contributed by atoms with van der Waals surface area (Å²) in [5, 5.41) is 9.07. The van der Waals surface area contributed by atoms with Crippen molar-refractivity contribution in [2.75, 3.05) is 0 Å². The third-order valence-electron chi connectivity index (χ3n) is 10.7. The van der Waals surface area contributed by atoms with Gasteiger partial charge in [-0.15, -0.1) is 0 Å². The van der Waals surface area contributed by atoms with Crippen LogP contribution < -0.4 is 0 Å². The maximum Gasteiger partial charge on any atom is 0.164 e. The molecule has 0 aliphatic heterocycles. The van der Waals surface area contributed by atoms with Crippen molar-refractivity contribution >= 4 is 54.3 Å². The molecule has 0 bridgehead atoms. The quantitative estimate of drug-likeness (QED) is 0.179. The molecule has 0 saturated carbocycles. The number of aromatic nitrogens is 3. The summed E-state index contributed by atoms with van der Waals surface area (Å²) in [6.07, 6.45) is 0. The molecule has 55 heavy (non-hydrogen) atoms. The minimum Gasteiger partial charge on any atom is -0.456 e. The Balaban J connectivity index is 1.08. The number of nitrogens with zero attached hydrogens (tertiary/aromatic N) is 3. The van der Waals surface area contributed by atoms with E-state index in [1.165, 1.54) is 27.5 Å². The SMILES string of the molecule is c1ccc(-c2cccc3c(-c4nc(-c5ccc(-c6ccc7ccccc7c6)cc5)nc(-c5ccc6cc7oc8ccccc8c7cc6c5)n4)cccc23)cc1. The first-order valence-corrected chi connectivity index (χ1v) is 18.5. The van der Waals surface area contributed by atoms with E-state index < -0.39 is 0 Å². The van der Waals surface area contributed by atoms with E-state index in [0.29, 0.717) is 17.5 Å². The molecule has 2 aromatic heterocycles. The summed E-state index contributed by atoms with van der Waals surface area (Å²) in [7, 11) is 0. The lowest BCUT2D eigenvalue weighted by Crippen LogP contribution is -2.01. The van der Waals surface area contributed by atoms with Crippen molar-refractivity contribution in [3.63, 3.8) is 0 Å². The molecule has 0 aliphatic carbocycles. The predicted molar refractivity (Wildman–Crippen MR) is 227 cm³/mol. The van der Waals surface area contributed by atoms with Crippen molar-refractivity contribution in [2.24, 2.45) is 0 Å². The molecule has 0 fully saturated rings. The van der Waals surface area contributed by atoms with Crippen LogP contribution in [0.4, 0.5) is 0 Å². The van der Waals surface area contributed by atoms with Gasteiger partial charge in [-0.25, -0.2) is 15.0 Å². The van der Waals surface area contributed by atoms with Gasteiger partial charge >= 0.3 is 0 Å². The van der Waals surface area contributed by atoms with Gasteiger partial charge in [0.05, 0.1) is 0 Å². The number of para-hydroxylation sites is 1. The molecule has 0 unspecified atom stereocenters. The minimum atomic E-state index is 0.619. The third kappa shape index (κ3) is 5.43. The first kappa shape index (κ1) is 31.1. The second kappa shape index (κ2) is 12.6. The largest absolute Gasteiger partial charge is 0.456 e. The zero-order valence-electron chi connectivity index (χ0n) is 29.6. The molecule has 0 aliphatic rings. The number of hydrogen-bond acceptors (Lipinski definition) is 4. The summed E-state index contributed by atoms with van der Waals surface area (Å²) < 4.78 is 6.20. The van der Waals surface area contributed by atoms with E-state index >= 15 is 0 Å². The molecule has 0 N–H and O–H groups in total. The van der Waals surface area contributed by atoms with Gasteiger partial charge in [-0.1, -0.05) is 158 Å². The number of benzene rings is 9. The zero-order chi connectivity index (χ0) is 36.3. The highest BCUT2D eigenvalue weighted by Gasteiger charge is 2.17. The third-order valence-corrected chi connectivity index (χ3v) is 10.7. The van der Waals surface area contributed by atoms with Crippen molar-refractivity contribution in [3.8, 4) is 56.4 Å². The van der Waals surface area contributed by atoms with Crippen LogP contribution in [0.1, 0.15) is 0 Å². The first-order valence-electron chi connectivity index (χ1n) is 18.5. The van der Waals surface area contributed by atoms with Crippen LogP contribution in [-0.4, -0.2) is 15.0 Å². The summed E-state index contributed by atoms with van der Waals surface area (Å²) in [4.78, 5) is 15.6. The standard InChI is InChI=1S/C51H31N3O/c1-2-11-34(12-3-1)41-15-8-17-43-42(41)16-9-18-45(43)51-53-49(35-23-20-33(21-24-35)37-25-22-32-10-4-5-13-36(32)28-37)52-50(54-51)39-27-26-38-31-48-46(30-40(38)29-39)44-14-6-7-19-47(44)55-48/h1-31H. The Morgan fingerprint density at radius 3 is 1.71 bits per heavy atom. The Kier molecular flexibility index (Phi) is 7.14. The summed E-state index contributed by atoms with van der Waals surface area (Å²) in [5.74, 6) is 1.87. The molecule has 256 valence electrons. The summed E-state index contributed by atoms with van der Waals surface area (Å²) in [6.45, 7) is 0. The molecule has 0 atom stereocenters. The van der Waals surface area contributed by atoms with Crippen LogP contribution in [0, 0.1) is 0 Å². The van der Waals surface area contributed by atoms with E-state index in [4.69, 9.17) is 19.4 Å². The van der Waals surface area contributed by atoms with Gasteiger partial charge in [0, 0.05) is 27.5 Å². The Labute approximate surface area is 317 Å². The molecular weight excluding hydrogens is 671 g/mol. The van der Waals surface area contributed by atoms with Crippen molar-refractivity contribution in [2.45, 2.75) is 0 Å². The Hall–Kier alpha value is -7.43. The van der Waals surface area contributed by atoms with E-state index in [9.17, 15) is 0 Å². The summed E-state index contributed by atoms with van der Waals surface area (Å²) >= 11 is 0. The van der Waals surface area contributed by atoms with Gasteiger partial charge in [0.25, 0.3) is 0 Å². The average Bonchev–Trinajstić information content (AvgIpc) is 3.62. The second-order valence-corrected chi connectivity index (χ2v) is 14.0. The highest BCUT2D eigenvalue weighted by Crippen LogP contribution is 2.37. The van der Waals surface area contributed by atoms with Crippen LogP contribution in [0.5, 0.6) is 0 Å². The zero-order valence-corrected chi connectivity index (χ0v) is 29.6.